The summed E-state index contributed by atoms with van der Waals surface area (Å²) in [6.45, 7) is 4.70. The van der Waals surface area contributed by atoms with Gasteiger partial charge in [-0.05, 0) is 79.1 Å². The number of carbonyl (C=O) groups is 3. The Hall–Kier alpha value is -4.53. The first-order valence-corrected chi connectivity index (χ1v) is 12.4. The molecule has 1 saturated heterocycles. The van der Waals surface area contributed by atoms with Gasteiger partial charge in [0.05, 0.1) is 5.92 Å². The highest BCUT2D eigenvalue weighted by Crippen LogP contribution is 2.32. The Balaban J connectivity index is 1.10. The number of nitrogens with zero attached hydrogens (tertiary/aromatic N) is 1. The molecule has 1 atom stereocenters. The number of ether oxygens (including phenoxy) is 3. The van der Waals surface area contributed by atoms with E-state index in [0.29, 0.717) is 36.0 Å². The largest absolute Gasteiger partial charge is 0.484 e. The number of hydrogen-bond acceptors (Lipinski definition) is 6. The summed E-state index contributed by atoms with van der Waals surface area (Å²) in [7, 11) is 0. The summed E-state index contributed by atoms with van der Waals surface area (Å²) in [6, 6.07) is 18.2. The third kappa shape index (κ3) is 5.72. The molecule has 0 aliphatic carbocycles. The monoisotopic (exact) mass is 515 g/mol. The second-order valence-corrected chi connectivity index (χ2v) is 9.44. The molecule has 0 radical (unpaired) electrons. The van der Waals surface area contributed by atoms with Crippen LogP contribution in [0.3, 0.4) is 0 Å². The number of aryl methyl sites for hydroxylation is 2. The molecule has 2 aliphatic heterocycles. The molecule has 2 aliphatic rings. The minimum absolute atomic E-state index is 0.116. The van der Waals surface area contributed by atoms with Crippen molar-refractivity contribution in [3.8, 4) is 17.2 Å². The second kappa shape index (κ2) is 10.8. The molecular formula is C29H29N3O6. The van der Waals surface area contributed by atoms with Crippen molar-refractivity contribution >= 4 is 29.1 Å². The third-order valence-corrected chi connectivity index (χ3v) is 6.71. The smallest absolute Gasteiger partial charge is 0.262 e. The van der Waals surface area contributed by atoms with Crippen LogP contribution >= 0.6 is 0 Å². The molecule has 38 heavy (non-hydrogen) atoms. The number of fused-ring (bicyclic) bond motifs is 1. The fourth-order valence-corrected chi connectivity index (χ4v) is 4.40. The van der Waals surface area contributed by atoms with Gasteiger partial charge in [-0.2, -0.15) is 0 Å². The Morgan fingerprint density at radius 3 is 2.55 bits per heavy atom. The first-order valence-electron chi connectivity index (χ1n) is 12.4. The van der Waals surface area contributed by atoms with Gasteiger partial charge >= 0.3 is 0 Å². The third-order valence-electron chi connectivity index (χ3n) is 6.71. The Morgan fingerprint density at radius 2 is 1.76 bits per heavy atom. The van der Waals surface area contributed by atoms with E-state index >= 15 is 0 Å². The van der Waals surface area contributed by atoms with Gasteiger partial charge in [0.15, 0.2) is 18.1 Å². The van der Waals surface area contributed by atoms with Crippen molar-refractivity contribution in [1.29, 1.82) is 0 Å². The van der Waals surface area contributed by atoms with E-state index < -0.39 is 5.92 Å². The molecule has 9 nitrogen and oxygen atoms in total. The van der Waals surface area contributed by atoms with Gasteiger partial charge in [0, 0.05) is 30.9 Å². The van der Waals surface area contributed by atoms with E-state index in [-0.39, 0.29) is 37.5 Å². The number of rotatable bonds is 8. The quantitative estimate of drug-likeness (QED) is 0.474. The zero-order valence-electron chi connectivity index (χ0n) is 21.3. The van der Waals surface area contributed by atoms with E-state index in [4.69, 9.17) is 14.2 Å². The second-order valence-electron chi connectivity index (χ2n) is 9.44. The lowest BCUT2D eigenvalue weighted by atomic mass is 10.1. The van der Waals surface area contributed by atoms with Gasteiger partial charge in [0.1, 0.15) is 5.75 Å². The standard InChI is InChI=1S/C29H29N3O6/c1-18-3-5-22(11-19(18)2)31-27(33)16-36-24-8-6-23(7-9-24)32-15-21(13-28(32)34)29(35)30-14-20-4-10-25-26(12-20)38-17-37-25/h3-12,21H,13-17H2,1-2H3,(H,30,35)(H,31,33)/t21-/m0/s1. The number of nitrogens with one attached hydrogen (secondary N) is 2. The summed E-state index contributed by atoms with van der Waals surface area (Å²) < 4.78 is 16.3. The number of amides is 3. The number of carbonyl (C=O) groups excluding carboxylic acids is 3. The number of benzene rings is 3. The molecule has 1 fully saturated rings. The number of hydrogen-bond donors (Lipinski definition) is 2. The van der Waals surface area contributed by atoms with Crippen LogP contribution in [0.1, 0.15) is 23.1 Å². The predicted octanol–water partition coefficient (Wildman–Crippen LogP) is 3.72. The maximum absolute atomic E-state index is 12.7. The van der Waals surface area contributed by atoms with Crippen molar-refractivity contribution in [2.75, 3.05) is 30.2 Å². The van der Waals surface area contributed by atoms with E-state index in [9.17, 15) is 14.4 Å². The molecule has 2 N–H and O–H groups in total. The molecule has 0 spiro atoms. The molecule has 0 unspecified atom stereocenters. The topological polar surface area (TPSA) is 106 Å². The van der Waals surface area contributed by atoms with E-state index in [0.717, 1.165) is 22.4 Å². The fourth-order valence-electron chi connectivity index (χ4n) is 4.40. The molecular weight excluding hydrogens is 486 g/mol. The van der Waals surface area contributed by atoms with Crippen LogP contribution in [0, 0.1) is 19.8 Å². The highest BCUT2D eigenvalue weighted by Gasteiger charge is 2.35. The highest BCUT2D eigenvalue weighted by molar-refractivity contribution is 6.00. The van der Waals surface area contributed by atoms with Gasteiger partial charge in [-0.3, -0.25) is 14.4 Å². The summed E-state index contributed by atoms with van der Waals surface area (Å²) in [5, 5.41) is 5.73. The zero-order chi connectivity index (χ0) is 26.6. The first kappa shape index (κ1) is 25.1. The lowest BCUT2D eigenvalue weighted by Crippen LogP contribution is -2.32. The molecule has 3 aromatic rings. The van der Waals surface area contributed by atoms with Crippen LogP contribution in [0.4, 0.5) is 11.4 Å². The average Bonchev–Trinajstić information content (AvgIpc) is 3.55. The summed E-state index contributed by atoms with van der Waals surface area (Å²) in [4.78, 5) is 39.2. The van der Waals surface area contributed by atoms with Gasteiger partial charge in [0.2, 0.25) is 18.6 Å². The minimum Gasteiger partial charge on any atom is -0.484 e. The van der Waals surface area contributed by atoms with Gasteiger partial charge < -0.3 is 29.7 Å². The van der Waals surface area contributed by atoms with E-state index in [1.165, 1.54) is 0 Å². The fraction of sp³-hybridized carbons (Fsp3) is 0.276. The lowest BCUT2D eigenvalue weighted by molar-refractivity contribution is -0.126. The van der Waals surface area contributed by atoms with Crippen molar-refractivity contribution in [2.45, 2.75) is 26.8 Å². The van der Waals surface area contributed by atoms with Crippen molar-refractivity contribution in [1.82, 2.24) is 5.32 Å². The zero-order valence-corrected chi connectivity index (χ0v) is 21.3. The van der Waals surface area contributed by atoms with Gasteiger partial charge in [0.25, 0.3) is 5.91 Å². The maximum atomic E-state index is 12.7. The molecule has 3 aromatic carbocycles. The van der Waals surface area contributed by atoms with E-state index in [1.54, 1.807) is 29.2 Å². The molecule has 9 heteroatoms. The normalized spacial score (nSPS) is 15.9. The van der Waals surface area contributed by atoms with Crippen LogP contribution in [0.2, 0.25) is 0 Å². The van der Waals surface area contributed by atoms with Crippen molar-refractivity contribution in [3.05, 3.63) is 77.4 Å². The molecule has 2 heterocycles. The lowest BCUT2D eigenvalue weighted by Gasteiger charge is -2.17. The van der Waals surface area contributed by atoms with Crippen LogP contribution in [0.5, 0.6) is 17.2 Å². The van der Waals surface area contributed by atoms with Crippen LogP contribution in [-0.4, -0.2) is 37.7 Å². The van der Waals surface area contributed by atoms with E-state index in [2.05, 4.69) is 10.6 Å². The first-order chi connectivity index (χ1) is 18.4. The van der Waals surface area contributed by atoms with Crippen molar-refractivity contribution < 1.29 is 28.6 Å². The molecule has 0 bridgehead atoms. The SMILES string of the molecule is Cc1ccc(NC(=O)COc2ccc(N3C[C@@H](C(=O)NCc4ccc5c(c4)OCO5)CC3=O)cc2)cc1C. The molecule has 0 aromatic heterocycles. The van der Waals surface area contributed by atoms with Crippen LogP contribution in [0.15, 0.2) is 60.7 Å². The van der Waals surface area contributed by atoms with Crippen LogP contribution in [0.25, 0.3) is 0 Å². The highest BCUT2D eigenvalue weighted by atomic mass is 16.7. The summed E-state index contributed by atoms with van der Waals surface area (Å²) in [5.74, 6) is 0.863. The van der Waals surface area contributed by atoms with Gasteiger partial charge in [-0.1, -0.05) is 12.1 Å². The van der Waals surface area contributed by atoms with Crippen molar-refractivity contribution in [3.63, 3.8) is 0 Å². The van der Waals surface area contributed by atoms with Crippen molar-refractivity contribution in [2.24, 2.45) is 5.92 Å². The Morgan fingerprint density at radius 1 is 0.974 bits per heavy atom. The summed E-state index contributed by atoms with van der Waals surface area (Å²) in [6.07, 6.45) is 0.143. The molecule has 0 saturated carbocycles. The average molecular weight is 516 g/mol. The minimum atomic E-state index is -0.443. The number of anilines is 2. The summed E-state index contributed by atoms with van der Waals surface area (Å²) in [5.41, 5.74) is 4.54. The van der Waals surface area contributed by atoms with Gasteiger partial charge in [-0.25, -0.2) is 0 Å². The Labute approximate surface area is 220 Å². The molecule has 5 rings (SSSR count). The van der Waals surface area contributed by atoms with Crippen LogP contribution in [-0.2, 0) is 20.9 Å². The van der Waals surface area contributed by atoms with Crippen LogP contribution < -0.4 is 29.7 Å². The maximum Gasteiger partial charge on any atom is 0.262 e. The molecule has 196 valence electrons. The summed E-state index contributed by atoms with van der Waals surface area (Å²) >= 11 is 0. The van der Waals surface area contributed by atoms with Gasteiger partial charge in [-0.15, -0.1) is 0 Å². The molecule has 3 amide bonds. The Bertz CT molecular complexity index is 1370. The van der Waals surface area contributed by atoms with E-state index in [1.807, 2.05) is 50.2 Å². The predicted molar refractivity (Wildman–Crippen MR) is 141 cm³/mol. The Kier molecular flexibility index (Phi) is 7.17.